The van der Waals surface area contributed by atoms with E-state index >= 15 is 0 Å². The number of carbonyl (C=O) groups is 1. The van der Waals surface area contributed by atoms with Crippen LogP contribution in [-0.2, 0) is 11.3 Å². The van der Waals surface area contributed by atoms with Gasteiger partial charge in [0.25, 0.3) is 0 Å². The van der Waals surface area contributed by atoms with Gasteiger partial charge in [-0.15, -0.1) is 0 Å². The molecule has 168 valence electrons. The van der Waals surface area contributed by atoms with Crippen molar-refractivity contribution in [3.63, 3.8) is 0 Å². The lowest BCUT2D eigenvalue weighted by atomic mass is 9.99. The van der Waals surface area contributed by atoms with E-state index in [2.05, 4.69) is 22.0 Å². The van der Waals surface area contributed by atoms with Crippen LogP contribution in [0.1, 0.15) is 38.7 Å². The molecule has 2 aromatic rings. The van der Waals surface area contributed by atoms with Crippen LogP contribution in [0.3, 0.4) is 0 Å². The van der Waals surface area contributed by atoms with E-state index in [1.807, 2.05) is 24.3 Å². The molecule has 0 bridgehead atoms. The number of nitrogens with one attached hydrogen (secondary N) is 1. The highest BCUT2D eigenvalue weighted by molar-refractivity contribution is 6.30. The van der Waals surface area contributed by atoms with Crippen molar-refractivity contribution >= 4 is 28.9 Å². The topological polar surface area (TPSA) is 61.6 Å². The molecule has 1 aliphatic rings. The van der Waals surface area contributed by atoms with Gasteiger partial charge in [0, 0.05) is 60.6 Å². The van der Waals surface area contributed by atoms with Gasteiger partial charge in [-0.2, -0.15) is 0 Å². The minimum Gasteiger partial charge on any atom is -0.364 e. The Bertz CT molecular complexity index is 868. The van der Waals surface area contributed by atoms with Crippen molar-refractivity contribution in [3.8, 4) is 0 Å². The molecule has 0 saturated carbocycles. The molecular formula is C24H32ClFN4O. The number of benzene rings is 2. The molecule has 31 heavy (non-hydrogen) atoms. The van der Waals surface area contributed by atoms with Crippen LogP contribution >= 0.6 is 11.6 Å². The van der Waals surface area contributed by atoms with Gasteiger partial charge in [0.2, 0.25) is 5.91 Å². The molecule has 3 rings (SSSR count). The Hall–Kier alpha value is -2.15. The van der Waals surface area contributed by atoms with Crippen LogP contribution < -0.4 is 16.0 Å². The van der Waals surface area contributed by atoms with Crippen LogP contribution in [0, 0.1) is 5.82 Å². The number of halogens is 2. The maximum Gasteiger partial charge on any atom is 0.221 e. The molecular weight excluding hydrogens is 415 g/mol. The van der Waals surface area contributed by atoms with Crippen LogP contribution in [0.15, 0.2) is 42.5 Å². The Morgan fingerprint density at radius 1 is 1.26 bits per heavy atom. The maximum absolute atomic E-state index is 14.5. The summed E-state index contributed by atoms with van der Waals surface area (Å²) in [6.45, 7) is 6.83. The lowest BCUT2D eigenvalue weighted by molar-refractivity contribution is -0.114. The first-order chi connectivity index (χ1) is 14.9. The number of likely N-dealkylation sites (tertiary alicyclic amines) is 1. The first kappa shape index (κ1) is 23.5. The zero-order chi connectivity index (χ0) is 22.4. The van der Waals surface area contributed by atoms with Crippen LogP contribution in [0.2, 0.25) is 5.02 Å². The minimum atomic E-state index is -0.252. The second-order valence-corrected chi connectivity index (χ2v) is 8.72. The number of amides is 1. The lowest BCUT2D eigenvalue weighted by Gasteiger charge is -2.42. The van der Waals surface area contributed by atoms with Gasteiger partial charge in [-0.25, -0.2) is 4.39 Å². The predicted molar refractivity (Wildman–Crippen MR) is 126 cm³/mol. The van der Waals surface area contributed by atoms with Gasteiger partial charge in [0.15, 0.2) is 0 Å². The van der Waals surface area contributed by atoms with Gasteiger partial charge in [-0.05, 0) is 75.2 Å². The van der Waals surface area contributed by atoms with Crippen molar-refractivity contribution < 1.29 is 9.18 Å². The molecule has 1 unspecified atom stereocenters. The molecule has 7 heteroatoms. The molecule has 0 aromatic heterocycles. The maximum atomic E-state index is 14.5. The monoisotopic (exact) mass is 446 g/mol. The van der Waals surface area contributed by atoms with Crippen molar-refractivity contribution in [2.75, 3.05) is 29.9 Å². The highest BCUT2D eigenvalue weighted by atomic mass is 35.5. The van der Waals surface area contributed by atoms with Crippen molar-refractivity contribution in [2.45, 2.75) is 51.7 Å². The minimum absolute atomic E-state index is 0.107. The standard InChI is InChI=1S/C24H32ClFN4O/c1-17(9-12-27)29-13-10-23(11-14-29)30(16-19-15-20(25)3-8-24(19)26)22-6-4-21(5-7-22)28-18(2)31/h3-8,15,17,23H,9-14,16,27H2,1-2H3,(H,28,31). The molecule has 1 amide bonds. The summed E-state index contributed by atoms with van der Waals surface area (Å²) in [6.07, 6.45) is 2.97. The normalized spacial score (nSPS) is 16.2. The molecule has 1 aliphatic heterocycles. The Morgan fingerprint density at radius 3 is 2.55 bits per heavy atom. The van der Waals surface area contributed by atoms with Gasteiger partial charge in [0.05, 0.1) is 0 Å². The smallest absolute Gasteiger partial charge is 0.221 e. The summed E-state index contributed by atoms with van der Waals surface area (Å²) in [5.41, 5.74) is 8.06. The van der Waals surface area contributed by atoms with Crippen molar-refractivity contribution in [3.05, 3.63) is 58.9 Å². The third-order valence-corrected chi connectivity index (χ3v) is 6.25. The number of rotatable bonds is 8. The van der Waals surface area contributed by atoms with E-state index in [0.29, 0.717) is 29.7 Å². The summed E-state index contributed by atoms with van der Waals surface area (Å²) in [4.78, 5) is 16.1. The number of nitrogens with two attached hydrogens (primary N) is 1. The highest BCUT2D eigenvalue weighted by Gasteiger charge is 2.27. The fraction of sp³-hybridized carbons (Fsp3) is 0.458. The number of hydrogen-bond acceptors (Lipinski definition) is 4. The van der Waals surface area contributed by atoms with E-state index in [-0.39, 0.29) is 17.8 Å². The van der Waals surface area contributed by atoms with Gasteiger partial charge < -0.3 is 20.9 Å². The number of nitrogens with zero attached hydrogens (tertiary/aromatic N) is 2. The lowest BCUT2D eigenvalue weighted by Crippen LogP contribution is -2.47. The summed E-state index contributed by atoms with van der Waals surface area (Å²) >= 11 is 6.14. The van der Waals surface area contributed by atoms with E-state index < -0.39 is 0 Å². The van der Waals surface area contributed by atoms with Crippen molar-refractivity contribution in [2.24, 2.45) is 5.73 Å². The summed E-state index contributed by atoms with van der Waals surface area (Å²) < 4.78 is 14.5. The summed E-state index contributed by atoms with van der Waals surface area (Å²) in [5, 5.41) is 3.33. The molecule has 1 fully saturated rings. The molecule has 3 N–H and O–H groups in total. The molecule has 0 radical (unpaired) electrons. The average molecular weight is 447 g/mol. The molecule has 5 nitrogen and oxygen atoms in total. The molecule has 0 aliphatic carbocycles. The van der Waals surface area contributed by atoms with Crippen LogP contribution in [0.5, 0.6) is 0 Å². The van der Waals surface area contributed by atoms with Gasteiger partial charge >= 0.3 is 0 Å². The number of carbonyl (C=O) groups excluding carboxylic acids is 1. The SMILES string of the molecule is CC(=O)Nc1ccc(N(Cc2cc(Cl)ccc2F)C2CCN(C(C)CCN)CC2)cc1. The molecule has 1 atom stereocenters. The van der Waals surface area contributed by atoms with Crippen LogP contribution in [0.25, 0.3) is 0 Å². The van der Waals surface area contributed by atoms with Gasteiger partial charge in [0.1, 0.15) is 5.82 Å². The van der Waals surface area contributed by atoms with E-state index in [9.17, 15) is 9.18 Å². The Morgan fingerprint density at radius 2 is 1.94 bits per heavy atom. The summed E-state index contributed by atoms with van der Waals surface area (Å²) in [7, 11) is 0. The van der Waals surface area contributed by atoms with Crippen LogP contribution in [0.4, 0.5) is 15.8 Å². The third kappa shape index (κ3) is 6.42. The van der Waals surface area contributed by atoms with Crippen molar-refractivity contribution in [1.82, 2.24) is 4.90 Å². The highest BCUT2D eigenvalue weighted by Crippen LogP contribution is 2.29. The largest absolute Gasteiger partial charge is 0.364 e. The van der Waals surface area contributed by atoms with Crippen molar-refractivity contribution in [1.29, 1.82) is 0 Å². The zero-order valence-electron chi connectivity index (χ0n) is 18.3. The van der Waals surface area contributed by atoms with Crippen LogP contribution in [-0.4, -0.2) is 42.5 Å². The van der Waals surface area contributed by atoms with E-state index in [0.717, 1.165) is 43.7 Å². The Kier molecular flexibility index (Phi) is 8.29. The first-order valence-electron chi connectivity index (χ1n) is 10.9. The zero-order valence-corrected chi connectivity index (χ0v) is 19.0. The van der Waals surface area contributed by atoms with Gasteiger partial charge in [-0.1, -0.05) is 11.6 Å². The van der Waals surface area contributed by atoms with E-state index in [4.69, 9.17) is 17.3 Å². The first-order valence-corrected chi connectivity index (χ1v) is 11.3. The third-order valence-electron chi connectivity index (χ3n) is 6.02. The number of piperidine rings is 1. The molecule has 2 aromatic carbocycles. The average Bonchev–Trinajstić information content (AvgIpc) is 2.75. The van der Waals surface area contributed by atoms with Gasteiger partial charge in [-0.3, -0.25) is 4.79 Å². The van der Waals surface area contributed by atoms with E-state index in [1.54, 1.807) is 12.1 Å². The quantitative estimate of drug-likeness (QED) is 0.619. The second kappa shape index (κ2) is 10.9. The number of hydrogen-bond donors (Lipinski definition) is 2. The molecule has 1 heterocycles. The summed E-state index contributed by atoms with van der Waals surface area (Å²) in [6, 6.07) is 13.2. The Balaban J connectivity index is 1.81. The molecule has 0 spiro atoms. The number of anilines is 2. The predicted octanol–water partition coefficient (Wildman–Crippen LogP) is 4.65. The molecule has 1 saturated heterocycles. The second-order valence-electron chi connectivity index (χ2n) is 8.29. The van der Waals surface area contributed by atoms with E-state index in [1.165, 1.54) is 13.0 Å². The fourth-order valence-electron chi connectivity index (χ4n) is 4.28. The summed E-state index contributed by atoms with van der Waals surface area (Å²) in [5.74, 6) is -0.358. The Labute approximate surface area is 189 Å². The fourth-order valence-corrected chi connectivity index (χ4v) is 4.48.